The average Bonchev–Trinajstić information content (AvgIpc) is 2.63. The lowest BCUT2D eigenvalue weighted by molar-refractivity contribution is 0.356. The van der Waals surface area contributed by atoms with Gasteiger partial charge in [0.1, 0.15) is 12.1 Å². The zero-order valence-corrected chi connectivity index (χ0v) is 14.0. The highest BCUT2D eigenvalue weighted by Gasteiger charge is 2.18. The number of fused-ring (bicyclic) bond motifs is 1. The summed E-state index contributed by atoms with van der Waals surface area (Å²) >= 11 is 0. The summed E-state index contributed by atoms with van der Waals surface area (Å²) in [7, 11) is 4.27. The van der Waals surface area contributed by atoms with Gasteiger partial charge in [0, 0.05) is 23.8 Å². The summed E-state index contributed by atoms with van der Waals surface area (Å²) in [5, 5.41) is 3.70. The first kappa shape index (κ1) is 16.2. The van der Waals surface area contributed by atoms with Crippen LogP contribution in [0.25, 0.3) is 0 Å². The van der Waals surface area contributed by atoms with Gasteiger partial charge in [0.05, 0.1) is 0 Å². The summed E-state index contributed by atoms with van der Waals surface area (Å²) < 4.78 is 0. The van der Waals surface area contributed by atoms with E-state index in [1.54, 1.807) is 6.33 Å². The standard InChI is InChI=1S/C17H30N4/c1-13(2)10-14(11-21(3)4)20-17-15-8-6-5-7-9-16(15)18-12-19-17/h12-14H,5-11H2,1-4H3,(H,18,19,20). The molecule has 1 aliphatic carbocycles. The molecule has 0 spiro atoms. The third kappa shape index (κ3) is 4.95. The molecule has 1 aromatic rings. The summed E-state index contributed by atoms with van der Waals surface area (Å²) in [6.07, 6.45) is 8.95. The molecule has 0 saturated carbocycles. The van der Waals surface area contributed by atoms with Gasteiger partial charge < -0.3 is 10.2 Å². The predicted molar refractivity (Wildman–Crippen MR) is 88.7 cm³/mol. The van der Waals surface area contributed by atoms with Crippen molar-refractivity contribution in [1.29, 1.82) is 0 Å². The summed E-state index contributed by atoms with van der Waals surface area (Å²) in [5.74, 6) is 1.76. The van der Waals surface area contributed by atoms with E-state index in [0.29, 0.717) is 12.0 Å². The summed E-state index contributed by atoms with van der Waals surface area (Å²) in [5.41, 5.74) is 2.63. The highest BCUT2D eigenvalue weighted by atomic mass is 15.1. The Kier molecular flexibility index (Phi) is 5.97. The molecular formula is C17H30N4. The monoisotopic (exact) mass is 290 g/mol. The molecule has 0 radical (unpaired) electrons. The van der Waals surface area contributed by atoms with E-state index in [1.165, 1.54) is 30.5 Å². The zero-order chi connectivity index (χ0) is 15.2. The first-order chi connectivity index (χ1) is 10.1. The second-order valence-corrected chi connectivity index (χ2v) is 6.94. The largest absolute Gasteiger partial charge is 0.366 e. The maximum Gasteiger partial charge on any atom is 0.133 e. The van der Waals surface area contributed by atoms with Crippen LogP contribution in [0.15, 0.2) is 6.33 Å². The van der Waals surface area contributed by atoms with Gasteiger partial charge in [-0.15, -0.1) is 0 Å². The zero-order valence-electron chi connectivity index (χ0n) is 14.0. The Labute approximate surface area is 129 Å². The molecule has 1 atom stereocenters. The van der Waals surface area contributed by atoms with Gasteiger partial charge in [-0.05, 0) is 52.1 Å². The molecule has 1 N–H and O–H groups in total. The first-order valence-electron chi connectivity index (χ1n) is 8.30. The Bertz CT molecular complexity index is 432. The van der Waals surface area contributed by atoms with Gasteiger partial charge in [-0.25, -0.2) is 9.97 Å². The minimum Gasteiger partial charge on any atom is -0.366 e. The Morgan fingerprint density at radius 2 is 1.90 bits per heavy atom. The quantitative estimate of drug-likeness (QED) is 0.817. The lowest BCUT2D eigenvalue weighted by Crippen LogP contribution is -2.34. The van der Waals surface area contributed by atoms with Gasteiger partial charge >= 0.3 is 0 Å². The fourth-order valence-electron chi connectivity index (χ4n) is 3.20. The number of aromatic nitrogens is 2. The molecule has 1 aliphatic rings. The number of likely N-dealkylation sites (N-methyl/N-ethyl adjacent to an activating group) is 1. The van der Waals surface area contributed by atoms with E-state index in [2.05, 4.69) is 48.1 Å². The van der Waals surface area contributed by atoms with Crippen molar-refractivity contribution in [3.8, 4) is 0 Å². The van der Waals surface area contributed by atoms with Gasteiger partial charge in [-0.3, -0.25) is 0 Å². The second-order valence-electron chi connectivity index (χ2n) is 6.94. The average molecular weight is 290 g/mol. The van der Waals surface area contributed by atoms with Crippen molar-refractivity contribution in [3.63, 3.8) is 0 Å². The van der Waals surface area contributed by atoms with Crippen molar-refractivity contribution in [2.24, 2.45) is 5.92 Å². The molecule has 21 heavy (non-hydrogen) atoms. The van der Waals surface area contributed by atoms with Gasteiger partial charge in [0.15, 0.2) is 0 Å². The summed E-state index contributed by atoms with van der Waals surface area (Å²) in [6, 6.07) is 0.447. The van der Waals surface area contributed by atoms with Crippen LogP contribution in [-0.4, -0.2) is 41.5 Å². The molecule has 0 amide bonds. The third-order valence-corrected chi connectivity index (χ3v) is 4.06. The molecule has 1 aromatic heterocycles. The van der Waals surface area contributed by atoms with E-state index < -0.39 is 0 Å². The van der Waals surface area contributed by atoms with E-state index in [0.717, 1.165) is 31.6 Å². The smallest absolute Gasteiger partial charge is 0.133 e. The molecule has 1 heterocycles. The number of nitrogens with one attached hydrogen (secondary N) is 1. The van der Waals surface area contributed by atoms with Crippen LogP contribution in [0, 0.1) is 5.92 Å². The van der Waals surface area contributed by atoms with E-state index in [-0.39, 0.29) is 0 Å². The van der Waals surface area contributed by atoms with Gasteiger partial charge in [0.2, 0.25) is 0 Å². The van der Waals surface area contributed by atoms with Crippen LogP contribution in [-0.2, 0) is 12.8 Å². The molecule has 0 saturated heterocycles. The molecule has 1 unspecified atom stereocenters. The van der Waals surface area contributed by atoms with Crippen LogP contribution < -0.4 is 5.32 Å². The maximum atomic E-state index is 4.55. The van der Waals surface area contributed by atoms with Crippen molar-refractivity contribution in [3.05, 3.63) is 17.6 Å². The van der Waals surface area contributed by atoms with Gasteiger partial charge in [-0.1, -0.05) is 20.3 Å². The fraction of sp³-hybridized carbons (Fsp3) is 0.765. The molecule has 0 fully saturated rings. The summed E-state index contributed by atoms with van der Waals surface area (Å²) in [6.45, 7) is 5.60. The van der Waals surface area contributed by atoms with Crippen molar-refractivity contribution < 1.29 is 0 Å². The van der Waals surface area contributed by atoms with Crippen LogP contribution in [0.1, 0.15) is 50.8 Å². The van der Waals surface area contributed by atoms with Gasteiger partial charge in [0.25, 0.3) is 0 Å². The van der Waals surface area contributed by atoms with Crippen LogP contribution >= 0.6 is 0 Å². The molecule has 4 nitrogen and oxygen atoms in total. The number of aryl methyl sites for hydroxylation is 1. The lowest BCUT2D eigenvalue weighted by atomic mass is 10.0. The second kappa shape index (κ2) is 7.74. The first-order valence-corrected chi connectivity index (χ1v) is 8.30. The summed E-state index contributed by atoms with van der Waals surface area (Å²) in [4.78, 5) is 11.3. The molecular weight excluding hydrogens is 260 g/mol. The minimum absolute atomic E-state index is 0.447. The molecule has 2 rings (SSSR count). The Morgan fingerprint density at radius 1 is 1.14 bits per heavy atom. The molecule has 0 aromatic carbocycles. The molecule has 4 heteroatoms. The van der Waals surface area contributed by atoms with Crippen LogP contribution in [0.4, 0.5) is 5.82 Å². The van der Waals surface area contributed by atoms with E-state index in [4.69, 9.17) is 0 Å². The normalized spacial score (nSPS) is 16.7. The van der Waals surface area contributed by atoms with E-state index in [9.17, 15) is 0 Å². The Hall–Kier alpha value is -1.16. The van der Waals surface area contributed by atoms with E-state index in [1.807, 2.05) is 0 Å². The molecule has 0 bridgehead atoms. The Balaban J connectivity index is 2.15. The highest BCUT2D eigenvalue weighted by Crippen LogP contribution is 2.25. The molecule has 118 valence electrons. The van der Waals surface area contributed by atoms with Crippen molar-refractivity contribution in [2.75, 3.05) is 26.0 Å². The predicted octanol–water partition coefficient (Wildman–Crippen LogP) is 3.13. The number of hydrogen-bond donors (Lipinski definition) is 1. The number of rotatable bonds is 6. The third-order valence-electron chi connectivity index (χ3n) is 4.06. The highest BCUT2D eigenvalue weighted by molar-refractivity contribution is 5.47. The topological polar surface area (TPSA) is 41.0 Å². The fourth-order valence-corrected chi connectivity index (χ4v) is 3.20. The minimum atomic E-state index is 0.447. The van der Waals surface area contributed by atoms with Crippen molar-refractivity contribution in [1.82, 2.24) is 14.9 Å². The number of nitrogens with zero attached hydrogens (tertiary/aromatic N) is 3. The Morgan fingerprint density at radius 3 is 2.62 bits per heavy atom. The van der Waals surface area contributed by atoms with Crippen LogP contribution in [0.3, 0.4) is 0 Å². The SMILES string of the molecule is CC(C)CC(CN(C)C)Nc1ncnc2c1CCCCC2. The van der Waals surface area contributed by atoms with Gasteiger partial charge in [-0.2, -0.15) is 0 Å². The van der Waals surface area contributed by atoms with E-state index >= 15 is 0 Å². The maximum absolute atomic E-state index is 4.55. The van der Waals surface area contributed by atoms with Crippen molar-refractivity contribution >= 4 is 5.82 Å². The van der Waals surface area contributed by atoms with Crippen LogP contribution in [0.5, 0.6) is 0 Å². The lowest BCUT2D eigenvalue weighted by Gasteiger charge is -2.25. The van der Waals surface area contributed by atoms with Crippen molar-refractivity contribution in [2.45, 2.75) is 58.4 Å². The number of hydrogen-bond acceptors (Lipinski definition) is 4. The molecule has 0 aliphatic heterocycles. The van der Waals surface area contributed by atoms with Crippen LogP contribution in [0.2, 0.25) is 0 Å². The number of anilines is 1.